The van der Waals surface area contributed by atoms with Gasteiger partial charge in [-0.05, 0) is 68.4 Å². The lowest BCUT2D eigenvalue weighted by atomic mass is 9.85. The molecule has 2 aromatic heterocycles. The van der Waals surface area contributed by atoms with Gasteiger partial charge in [0.05, 0.1) is 11.0 Å². The number of hydrogen-bond acceptors (Lipinski definition) is 3. The molecule has 0 spiro atoms. The van der Waals surface area contributed by atoms with Crippen LogP contribution in [-0.4, -0.2) is 19.5 Å². The largest absolute Gasteiger partial charge is 0.309 e. The van der Waals surface area contributed by atoms with Crippen LogP contribution in [0, 0.1) is 0 Å². The molecule has 2 heterocycles. The summed E-state index contributed by atoms with van der Waals surface area (Å²) in [4.78, 5) is 15.0. The van der Waals surface area contributed by atoms with Crippen molar-refractivity contribution < 1.29 is 0 Å². The van der Waals surface area contributed by atoms with Crippen molar-refractivity contribution in [2.45, 2.75) is 0 Å². The summed E-state index contributed by atoms with van der Waals surface area (Å²) < 4.78 is 2.42. The van der Waals surface area contributed by atoms with E-state index in [0.29, 0.717) is 17.5 Å². The van der Waals surface area contributed by atoms with E-state index in [1.165, 1.54) is 60.4 Å². The van der Waals surface area contributed by atoms with E-state index in [4.69, 9.17) is 15.0 Å². The average Bonchev–Trinajstić information content (AvgIpc) is 3.55. The van der Waals surface area contributed by atoms with Crippen LogP contribution < -0.4 is 0 Å². The first-order valence-corrected chi connectivity index (χ1v) is 18.6. The molecule has 0 N–H and O–H groups in total. The fraction of sp³-hybridized carbons (Fsp3) is 0. The van der Waals surface area contributed by atoms with Gasteiger partial charge in [0, 0.05) is 33.2 Å². The maximum Gasteiger partial charge on any atom is 0.164 e. The molecule has 0 saturated carbocycles. The molecule has 0 saturated heterocycles. The van der Waals surface area contributed by atoms with E-state index < -0.39 is 0 Å². The van der Waals surface area contributed by atoms with Crippen LogP contribution in [0.5, 0.6) is 0 Å². The third-order valence-corrected chi connectivity index (χ3v) is 10.8. The zero-order chi connectivity index (χ0) is 36.3. The maximum atomic E-state index is 5.02. The summed E-state index contributed by atoms with van der Waals surface area (Å²) in [5.74, 6) is 1.94. The van der Waals surface area contributed by atoms with Gasteiger partial charge in [-0.15, -0.1) is 0 Å². The Morgan fingerprint density at radius 3 is 1.31 bits per heavy atom. The highest BCUT2D eigenvalue weighted by Crippen LogP contribution is 2.50. The van der Waals surface area contributed by atoms with Gasteiger partial charge in [-0.3, -0.25) is 0 Å². The van der Waals surface area contributed by atoms with Crippen molar-refractivity contribution in [3.8, 4) is 39.9 Å². The second-order valence-corrected chi connectivity index (χ2v) is 14.0. The van der Waals surface area contributed by atoms with Crippen molar-refractivity contribution in [2.75, 3.05) is 0 Å². The fourth-order valence-corrected chi connectivity index (χ4v) is 8.40. The number of rotatable bonds is 6. The maximum absolute atomic E-state index is 5.02. The van der Waals surface area contributed by atoms with Crippen LogP contribution in [0.4, 0.5) is 0 Å². The minimum absolute atomic E-state index is 0.637. The number of para-hydroxylation sites is 1. The van der Waals surface area contributed by atoms with Crippen LogP contribution in [-0.2, 0) is 0 Å². The standard InChI is InChI=1S/C51H32N4/c1-5-15-33(16-6-1)44-40-24-13-21-34-31-32-43-48(46(34)40)47-41(25-14-26-42(47)55(43)39-22-11-4-12-23-39)45(44)35-27-29-38(30-28-35)51-53-49(36-17-7-2-8-18-36)52-50(54-51)37-19-9-3-10-20-37/h1-32H. The monoisotopic (exact) mass is 700 g/mol. The first-order valence-electron chi connectivity index (χ1n) is 18.6. The second kappa shape index (κ2) is 12.6. The third-order valence-electron chi connectivity index (χ3n) is 10.8. The highest BCUT2D eigenvalue weighted by atomic mass is 15.0. The summed E-state index contributed by atoms with van der Waals surface area (Å²) >= 11 is 0. The lowest BCUT2D eigenvalue weighted by molar-refractivity contribution is 1.07. The fourth-order valence-electron chi connectivity index (χ4n) is 8.40. The second-order valence-electron chi connectivity index (χ2n) is 14.0. The van der Waals surface area contributed by atoms with Crippen LogP contribution in [0.15, 0.2) is 194 Å². The van der Waals surface area contributed by atoms with Gasteiger partial charge in [-0.25, -0.2) is 15.0 Å². The molecule has 4 nitrogen and oxygen atoms in total. The topological polar surface area (TPSA) is 43.6 Å². The quantitative estimate of drug-likeness (QED) is 0.173. The minimum atomic E-state index is 0.637. The Morgan fingerprint density at radius 2 is 0.727 bits per heavy atom. The van der Waals surface area contributed by atoms with Gasteiger partial charge in [0.15, 0.2) is 17.5 Å². The Kier molecular flexibility index (Phi) is 7.14. The van der Waals surface area contributed by atoms with Crippen molar-refractivity contribution in [3.63, 3.8) is 0 Å². The van der Waals surface area contributed by atoms with E-state index >= 15 is 0 Å². The Hall–Kier alpha value is -7.43. The van der Waals surface area contributed by atoms with Crippen LogP contribution >= 0.6 is 0 Å². The van der Waals surface area contributed by atoms with E-state index in [2.05, 4.69) is 138 Å². The van der Waals surface area contributed by atoms with Gasteiger partial charge in [0.1, 0.15) is 0 Å². The van der Waals surface area contributed by atoms with Crippen molar-refractivity contribution in [2.24, 2.45) is 0 Å². The summed E-state index contributed by atoms with van der Waals surface area (Å²) in [7, 11) is 0. The van der Waals surface area contributed by atoms with Gasteiger partial charge in [0.25, 0.3) is 0 Å². The summed E-state index contributed by atoms with van der Waals surface area (Å²) in [6.45, 7) is 0. The molecule has 0 aliphatic heterocycles. The zero-order valence-electron chi connectivity index (χ0n) is 29.8. The number of nitrogens with zero attached hydrogens (tertiary/aromatic N) is 4. The summed E-state index contributed by atoms with van der Waals surface area (Å²) in [5, 5.41) is 5.07. The molecule has 256 valence electrons. The predicted octanol–water partition coefficient (Wildman–Crippen LogP) is 12.4. The summed E-state index contributed by atoms with van der Waals surface area (Å²) in [6.07, 6.45) is 0. The van der Waals surface area contributed by atoms with Crippen LogP contribution in [0.1, 0.15) is 22.3 Å². The highest BCUT2D eigenvalue weighted by molar-refractivity contribution is 6.31. The van der Waals surface area contributed by atoms with Gasteiger partial charge < -0.3 is 4.57 Å². The summed E-state index contributed by atoms with van der Waals surface area (Å²) in [5.41, 5.74) is 13.5. The van der Waals surface area contributed by atoms with Crippen molar-refractivity contribution in [1.82, 2.24) is 19.5 Å². The molecule has 11 rings (SSSR count). The van der Waals surface area contributed by atoms with Crippen LogP contribution in [0.2, 0.25) is 0 Å². The molecule has 0 bridgehead atoms. The van der Waals surface area contributed by atoms with Gasteiger partial charge in [-0.1, -0.05) is 170 Å². The molecule has 1 aliphatic carbocycles. The Bertz CT molecular complexity index is 3040. The molecule has 0 amide bonds. The Labute approximate surface area is 318 Å². The molecular formula is C51H32N4. The Balaban J connectivity index is 1.17. The summed E-state index contributed by atoms with van der Waals surface area (Å²) in [6, 6.07) is 68.7. The van der Waals surface area contributed by atoms with E-state index in [9.17, 15) is 0 Å². The molecule has 0 radical (unpaired) electrons. The molecule has 8 aromatic carbocycles. The third kappa shape index (κ3) is 5.03. The lowest BCUT2D eigenvalue weighted by Crippen LogP contribution is -2.01. The molecule has 1 aliphatic rings. The number of benzene rings is 8. The van der Waals surface area contributed by atoms with Crippen LogP contribution in [0.3, 0.4) is 0 Å². The van der Waals surface area contributed by atoms with E-state index in [0.717, 1.165) is 27.9 Å². The molecule has 55 heavy (non-hydrogen) atoms. The highest BCUT2D eigenvalue weighted by Gasteiger charge is 2.28. The minimum Gasteiger partial charge on any atom is -0.309 e. The number of aromatic nitrogens is 4. The van der Waals surface area contributed by atoms with Crippen molar-refractivity contribution >= 4 is 43.7 Å². The molecule has 0 fully saturated rings. The van der Waals surface area contributed by atoms with Gasteiger partial charge in [-0.2, -0.15) is 0 Å². The smallest absolute Gasteiger partial charge is 0.164 e. The molecule has 10 aromatic rings. The van der Waals surface area contributed by atoms with E-state index in [1.807, 2.05) is 60.7 Å². The predicted molar refractivity (Wildman–Crippen MR) is 226 cm³/mol. The molecule has 0 unspecified atom stereocenters. The SMILES string of the molecule is c1ccc(C2=C(c3ccc(-c4nc(-c5ccccc5)nc(-c5ccccc5)n4)cc3)c3cccc4c3c3c5c2cccc5ccc3n4-c2ccccc2)cc1. The molecule has 4 heteroatoms. The lowest BCUT2D eigenvalue weighted by Gasteiger charge is -2.19. The number of hydrogen-bond donors (Lipinski definition) is 0. The van der Waals surface area contributed by atoms with Crippen LogP contribution in [0.25, 0.3) is 83.6 Å². The van der Waals surface area contributed by atoms with Crippen molar-refractivity contribution in [1.29, 1.82) is 0 Å². The van der Waals surface area contributed by atoms with Crippen molar-refractivity contribution in [3.05, 3.63) is 216 Å². The first kappa shape index (κ1) is 31.1. The van der Waals surface area contributed by atoms with Gasteiger partial charge >= 0.3 is 0 Å². The normalized spacial score (nSPS) is 12.3. The molecule has 0 atom stereocenters. The van der Waals surface area contributed by atoms with E-state index in [-0.39, 0.29) is 0 Å². The average molecular weight is 701 g/mol. The van der Waals surface area contributed by atoms with E-state index in [1.54, 1.807) is 0 Å². The molecular weight excluding hydrogens is 669 g/mol. The Morgan fingerprint density at radius 1 is 0.291 bits per heavy atom. The first-order chi connectivity index (χ1) is 27.3. The zero-order valence-corrected chi connectivity index (χ0v) is 29.8. The van der Waals surface area contributed by atoms with Gasteiger partial charge in [0.2, 0.25) is 0 Å².